The Morgan fingerprint density at radius 3 is 2.92 bits per heavy atom. The minimum Gasteiger partial charge on any atom is -0.496 e. The Balaban J connectivity index is 1.43. The average Bonchev–Trinajstić information content (AvgIpc) is 3.37. The molecule has 1 amide bonds. The van der Waals surface area contributed by atoms with Crippen LogP contribution in [0.3, 0.4) is 0 Å². The first-order valence-electron chi connectivity index (χ1n) is 9.65. The summed E-state index contributed by atoms with van der Waals surface area (Å²) >= 11 is 0. The summed E-state index contributed by atoms with van der Waals surface area (Å²) < 4.78 is 7.70. The van der Waals surface area contributed by atoms with Crippen LogP contribution in [0.5, 0.6) is 5.75 Å². The first kappa shape index (κ1) is 17.1. The summed E-state index contributed by atoms with van der Waals surface area (Å²) in [4.78, 5) is 19.5. The molecule has 4 rings (SSSR count). The van der Waals surface area contributed by atoms with E-state index in [1.165, 1.54) is 12.8 Å². The standard InChI is InChI=1S/C21H27N3O2/c1-26-19-7-3-2-5-17(19)13-20(25)23-11-4-6-18(15-23)21-22-10-12-24(21)14-16-8-9-16/h2-3,5,7,10,12,16,18H,4,6,8-9,11,13-15H2,1H3/t18-/m1/s1. The second-order valence-corrected chi connectivity index (χ2v) is 7.55. The van der Waals surface area contributed by atoms with E-state index in [9.17, 15) is 4.79 Å². The molecule has 1 atom stereocenters. The molecule has 1 aromatic heterocycles. The Kier molecular flexibility index (Phi) is 4.96. The first-order valence-corrected chi connectivity index (χ1v) is 9.65. The van der Waals surface area contributed by atoms with E-state index in [-0.39, 0.29) is 5.91 Å². The third kappa shape index (κ3) is 3.76. The number of methoxy groups -OCH3 is 1. The van der Waals surface area contributed by atoms with E-state index >= 15 is 0 Å². The van der Waals surface area contributed by atoms with Crippen molar-refractivity contribution in [3.63, 3.8) is 0 Å². The second kappa shape index (κ2) is 7.52. The van der Waals surface area contributed by atoms with Crippen LogP contribution < -0.4 is 4.74 Å². The highest BCUT2D eigenvalue weighted by Gasteiger charge is 2.29. The van der Waals surface area contributed by atoms with Crippen molar-refractivity contribution in [2.45, 2.75) is 44.6 Å². The summed E-state index contributed by atoms with van der Waals surface area (Å²) in [5.41, 5.74) is 0.956. The number of carbonyl (C=O) groups excluding carboxylic acids is 1. The van der Waals surface area contributed by atoms with E-state index in [0.29, 0.717) is 12.3 Å². The van der Waals surface area contributed by atoms with Gasteiger partial charge in [0.25, 0.3) is 0 Å². The zero-order chi connectivity index (χ0) is 17.9. The van der Waals surface area contributed by atoms with Gasteiger partial charge in [-0.15, -0.1) is 0 Å². The topological polar surface area (TPSA) is 47.4 Å². The molecule has 26 heavy (non-hydrogen) atoms. The number of hydrogen-bond donors (Lipinski definition) is 0. The molecule has 1 aliphatic carbocycles. The van der Waals surface area contributed by atoms with Crippen molar-refractivity contribution >= 4 is 5.91 Å². The molecule has 0 bridgehead atoms. The van der Waals surface area contributed by atoms with E-state index < -0.39 is 0 Å². The maximum atomic E-state index is 12.9. The van der Waals surface area contributed by atoms with E-state index in [1.54, 1.807) is 7.11 Å². The number of benzene rings is 1. The predicted molar refractivity (Wildman–Crippen MR) is 100 cm³/mol. The molecule has 0 spiro atoms. The van der Waals surface area contributed by atoms with Gasteiger partial charge in [0.05, 0.1) is 13.5 Å². The SMILES string of the molecule is COc1ccccc1CC(=O)N1CCC[C@@H](c2nccn2CC2CC2)C1. The number of amides is 1. The molecule has 2 aliphatic rings. The molecular weight excluding hydrogens is 326 g/mol. The molecule has 1 aliphatic heterocycles. The van der Waals surface area contributed by atoms with Gasteiger partial charge >= 0.3 is 0 Å². The summed E-state index contributed by atoms with van der Waals surface area (Å²) in [5, 5.41) is 0. The van der Waals surface area contributed by atoms with Gasteiger partial charge in [-0.05, 0) is 37.7 Å². The van der Waals surface area contributed by atoms with E-state index in [0.717, 1.165) is 55.5 Å². The Hall–Kier alpha value is -2.30. The molecule has 1 saturated carbocycles. The van der Waals surface area contributed by atoms with Crippen molar-refractivity contribution in [3.05, 3.63) is 48.0 Å². The zero-order valence-corrected chi connectivity index (χ0v) is 15.4. The van der Waals surface area contributed by atoms with Gasteiger partial charge < -0.3 is 14.2 Å². The highest BCUT2D eigenvalue weighted by Crippen LogP contribution is 2.33. The van der Waals surface area contributed by atoms with E-state index in [1.807, 2.05) is 35.4 Å². The molecule has 2 heterocycles. The number of imidazole rings is 1. The number of hydrogen-bond acceptors (Lipinski definition) is 3. The molecular formula is C21H27N3O2. The molecule has 2 aromatic rings. The normalized spacial score (nSPS) is 20.2. The summed E-state index contributed by atoms with van der Waals surface area (Å²) in [6, 6.07) is 7.78. The molecule has 0 radical (unpaired) electrons. The largest absolute Gasteiger partial charge is 0.496 e. The van der Waals surface area contributed by atoms with Crippen molar-refractivity contribution in [2.75, 3.05) is 20.2 Å². The van der Waals surface area contributed by atoms with E-state index in [4.69, 9.17) is 4.74 Å². The number of rotatable bonds is 6. The molecule has 0 unspecified atom stereocenters. The van der Waals surface area contributed by atoms with Gasteiger partial charge in [-0.2, -0.15) is 0 Å². The lowest BCUT2D eigenvalue weighted by Crippen LogP contribution is -2.40. The zero-order valence-electron chi connectivity index (χ0n) is 15.4. The van der Waals surface area contributed by atoms with Gasteiger partial charge in [0.15, 0.2) is 0 Å². The lowest BCUT2D eigenvalue weighted by molar-refractivity contribution is -0.131. The fourth-order valence-corrected chi connectivity index (χ4v) is 3.95. The lowest BCUT2D eigenvalue weighted by atomic mass is 9.96. The first-order chi connectivity index (χ1) is 12.7. The van der Waals surface area contributed by atoms with Gasteiger partial charge in [0.2, 0.25) is 5.91 Å². The monoisotopic (exact) mass is 353 g/mol. The van der Waals surface area contributed by atoms with Crippen LogP contribution in [0, 0.1) is 5.92 Å². The van der Waals surface area contributed by atoms with Crippen molar-refractivity contribution in [3.8, 4) is 5.75 Å². The number of aromatic nitrogens is 2. The van der Waals surface area contributed by atoms with Crippen LogP contribution in [0.25, 0.3) is 0 Å². The van der Waals surface area contributed by atoms with Gasteiger partial charge in [-0.3, -0.25) is 4.79 Å². The maximum Gasteiger partial charge on any atom is 0.227 e. The molecule has 138 valence electrons. The number of piperidine rings is 1. The minimum absolute atomic E-state index is 0.180. The molecule has 2 fully saturated rings. The van der Waals surface area contributed by atoms with Gasteiger partial charge in [0.1, 0.15) is 11.6 Å². The molecule has 5 nitrogen and oxygen atoms in total. The molecule has 5 heteroatoms. The van der Waals surface area contributed by atoms with Crippen LogP contribution in [0.2, 0.25) is 0 Å². The van der Waals surface area contributed by atoms with Crippen molar-refractivity contribution in [2.24, 2.45) is 5.92 Å². The number of likely N-dealkylation sites (tertiary alicyclic amines) is 1. The third-order valence-electron chi connectivity index (χ3n) is 5.57. The smallest absolute Gasteiger partial charge is 0.227 e. The van der Waals surface area contributed by atoms with Gasteiger partial charge in [0, 0.05) is 43.5 Å². The fraction of sp³-hybridized carbons (Fsp3) is 0.524. The quantitative estimate of drug-likeness (QED) is 0.801. The molecule has 1 aromatic carbocycles. The summed E-state index contributed by atoms with van der Waals surface area (Å²) in [6.07, 6.45) is 9.24. The third-order valence-corrected chi connectivity index (χ3v) is 5.57. The lowest BCUT2D eigenvalue weighted by Gasteiger charge is -2.33. The van der Waals surface area contributed by atoms with Crippen LogP contribution in [0.15, 0.2) is 36.7 Å². The van der Waals surface area contributed by atoms with Crippen LogP contribution in [0.4, 0.5) is 0 Å². The average molecular weight is 353 g/mol. The number of carbonyl (C=O) groups is 1. The Morgan fingerprint density at radius 2 is 2.12 bits per heavy atom. The Bertz CT molecular complexity index is 766. The van der Waals surface area contributed by atoms with Crippen LogP contribution >= 0.6 is 0 Å². The fourth-order valence-electron chi connectivity index (χ4n) is 3.95. The second-order valence-electron chi connectivity index (χ2n) is 7.55. The van der Waals surface area contributed by atoms with Gasteiger partial charge in [-0.1, -0.05) is 18.2 Å². The summed E-state index contributed by atoms with van der Waals surface area (Å²) in [6.45, 7) is 2.70. The highest BCUT2D eigenvalue weighted by molar-refractivity contribution is 5.79. The van der Waals surface area contributed by atoms with Gasteiger partial charge in [-0.25, -0.2) is 4.98 Å². The van der Waals surface area contributed by atoms with Crippen LogP contribution in [0.1, 0.15) is 43.0 Å². The molecule has 1 saturated heterocycles. The van der Waals surface area contributed by atoms with Crippen molar-refractivity contribution < 1.29 is 9.53 Å². The van der Waals surface area contributed by atoms with E-state index in [2.05, 4.69) is 15.7 Å². The molecule has 0 N–H and O–H groups in total. The number of ether oxygens (including phenoxy) is 1. The maximum absolute atomic E-state index is 12.9. The predicted octanol–water partition coefficient (Wildman–Crippen LogP) is 3.25. The Labute approximate surface area is 155 Å². The van der Waals surface area contributed by atoms with Crippen LogP contribution in [-0.4, -0.2) is 40.6 Å². The van der Waals surface area contributed by atoms with Crippen molar-refractivity contribution in [1.82, 2.24) is 14.5 Å². The summed E-state index contributed by atoms with van der Waals surface area (Å²) in [5.74, 6) is 3.30. The van der Waals surface area contributed by atoms with Crippen LogP contribution in [-0.2, 0) is 17.8 Å². The van der Waals surface area contributed by atoms with Crippen molar-refractivity contribution in [1.29, 1.82) is 0 Å². The number of nitrogens with zero attached hydrogens (tertiary/aromatic N) is 3. The minimum atomic E-state index is 0.180. The number of para-hydroxylation sites is 1. The summed E-state index contributed by atoms with van der Waals surface area (Å²) in [7, 11) is 1.65. The highest BCUT2D eigenvalue weighted by atomic mass is 16.5. The Morgan fingerprint density at radius 1 is 1.27 bits per heavy atom.